The van der Waals surface area contributed by atoms with Gasteiger partial charge in [-0.05, 0) is 19.3 Å². The molecule has 0 aromatic carbocycles. The molecule has 1 saturated heterocycles. The third-order valence-electron chi connectivity index (χ3n) is 5.51. The molecule has 3 aromatic heterocycles. The summed E-state index contributed by atoms with van der Waals surface area (Å²) < 4.78 is 7.18. The lowest BCUT2D eigenvalue weighted by molar-refractivity contribution is -0.117. The van der Waals surface area contributed by atoms with Crippen LogP contribution in [-0.4, -0.2) is 63.9 Å². The molecule has 166 valence electrons. The summed E-state index contributed by atoms with van der Waals surface area (Å²) in [4.78, 5) is 31.1. The number of methoxy groups -OCH3 is 1. The molecule has 2 fully saturated rings. The molecule has 4 heterocycles. The standard InChI is InChI=1S/C20H23N9O3/c1-21-19(31)17-12(8-15(25-26-17)23-18(30)11-4-5-11)22-20-24-16-9-14(32-2)13(10-29(16)27-20)28-6-3-7-28/h8-11H,3-7H2,1-2H3,(H,21,31)(H2,22,23,25,27,30). The Labute approximate surface area is 183 Å². The molecule has 32 heavy (non-hydrogen) atoms. The number of aromatic nitrogens is 5. The highest BCUT2D eigenvalue weighted by Crippen LogP contribution is 2.33. The number of rotatable bonds is 7. The summed E-state index contributed by atoms with van der Waals surface area (Å²) in [6.07, 6.45) is 4.75. The Morgan fingerprint density at radius 3 is 2.66 bits per heavy atom. The van der Waals surface area contributed by atoms with E-state index in [0.717, 1.165) is 43.8 Å². The van der Waals surface area contributed by atoms with Crippen molar-refractivity contribution in [1.29, 1.82) is 0 Å². The molecule has 0 unspecified atom stereocenters. The Kier molecular flexibility index (Phi) is 4.96. The van der Waals surface area contributed by atoms with Gasteiger partial charge >= 0.3 is 0 Å². The van der Waals surface area contributed by atoms with Crippen LogP contribution in [0.5, 0.6) is 5.75 Å². The minimum Gasteiger partial charge on any atom is -0.494 e. The number of amides is 2. The van der Waals surface area contributed by atoms with Crippen molar-refractivity contribution in [2.24, 2.45) is 5.92 Å². The van der Waals surface area contributed by atoms with E-state index >= 15 is 0 Å². The van der Waals surface area contributed by atoms with Crippen LogP contribution in [0.25, 0.3) is 5.65 Å². The fraction of sp³-hybridized carbons (Fsp3) is 0.400. The number of nitrogens with zero attached hydrogens (tertiary/aromatic N) is 6. The maximum Gasteiger partial charge on any atom is 0.273 e. The number of anilines is 4. The molecular weight excluding hydrogens is 414 g/mol. The fourth-order valence-corrected chi connectivity index (χ4v) is 3.44. The minimum absolute atomic E-state index is 0.0162. The molecule has 3 N–H and O–H groups in total. The van der Waals surface area contributed by atoms with Crippen LogP contribution in [-0.2, 0) is 4.79 Å². The number of carbonyl (C=O) groups is 2. The van der Waals surface area contributed by atoms with Gasteiger partial charge in [-0.15, -0.1) is 15.3 Å². The van der Waals surface area contributed by atoms with Crippen LogP contribution >= 0.6 is 0 Å². The Morgan fingerprint density at radius 1 is 1.19 bits per heavy atom. The van der Waals surface area contributed by atoms with E-state index in [1.54, 1.807) is 17.7 Å². The van der Waals surface area contributed by atoms with Crippen molar-refractivity contribution in [2.45, 2.75) is 19.3 Å². The van der Waals surface area contributed by atoms with Crippen LogP contribution < -0.4 is 25.6 Å². The number of carbonyl (C=O) groups excluding carboxylic acids is 2. The lowest BCUT2D eigenvalue weighted by Crippen LogP contribution is -2.37. The van der Waals surface area contributed by atoms with Gasteiger partial charge in [-0.1, -0.05) is 0 Å². The van der Waals surface area contributed by atoms with Crippen LogP contribution in [0.1, 0.15) is 29.8 Å². The second-order valence-corrected chi connectivity index (χ2v) is 7.77. The Hall–Kier alpha value is -3.96. The predicted molar refractivity (Wildman–Crippen MR) is 116 cm³/mol. The summed E-state index contributed by atoms with van der Waals surface area (Å²) in [6.45, 7) is 1.93. The summed E-state index contributed by atoms with van der Waals surface area (Å²) in [7, 11) is 3.13. The molecule has 1 saturated carbocycles. The molecule has 5 rings (SSSR count). The van der Waals surface area contributed by atoms with E-state index in [9.17, 15) is 9.59 Å². The smallest absolute Gasteiger partial charge is 0.273 e. The largest absolute Gasteiger partial charge is 0.494 e. The van der Waals surface area contributed by atoms with Gasteiger partial charge in [0.2, 0.25) is 11.9 Å². The zero-order chi connectivity index (χ0) is 22.2. The number of hydrogen-bond acceptors (Lipinski definition) is 9. The maximum absolute atomic E-state index is 12.3. The van der Waals surface area contributed by atoms with Crippen LogP contribution in [0.4, 0.5) is 23.1 Å². The first-order chi connectivity index (χ1) is 15.6. The van der Waals surface area contributed by atoms with Gasteiger partial charge < -0.3 is 25.6 Å². The Balaban J connectivity index is 1.47. The van der Waals surface area contributed by atoms with E-state index in [4.69, 9.17) is 4.74 Å². The van der Waals surface area contributed by atoms with Crippen molar-refractivity contribution >= 4 is 40.6 Å². The Bertz CT molecular complexity index is 1200. The van der Waals surface area contributed by atoms with Gasteiger partial charge in [0.1, 0.15) is 5.75 Å². The van der Waals surface area contributed by atoms with Crippen LogP contribution in [0.15, 0.2) is 18.3 Å². The van der Waals surface area contributed by atoms with Crippen LogP contribution in [0.3, 0.4) is 0 Å². The maximum atomic E-state index is 12.3. The number of hydrogen-bond donors (Lipinski definition) is 3. The third-order valence-corrected chi connectivity index (χ3v) is 5.51. The zero-order valence-corrected chi connectivity index (χ0v) is 17.8. The molecule has 0 radical (unpaired) electrons. The first-order valence-corrected chi connectivity index (χ1v) is 10.4. The highest BCUT2D eigenvalue weighted by Gasteiger charge is 2.30. The molecule has 0 spiro atoms. The molecule has 1 aliphatic heterocycles. The van der Waals surface area contributed by atoms with Gasteiger partial charge in [-0.3, -0.25) is 9.59 Å². The number of fused-ring (bicyclic) bond motifs is 1. The zero-order valence-electron chi connectivity index (χ0n) is 17.8. The van der Waals surface area contributed by atoms with Crippen LogP contribution in [0.2, 0.25) is 0 Å². The van der Waals surface area contributed by atoms with Crippen molar-refractivity contribution in [1.82, 2.24) is 30.1 Å². The lowest BCUT2D eigenvalue weighted by Gasteiger charge is -2.33. The van der Waals surface area contributed by atoms with Crippen molar-refractivity contribution in [3.8, 4) is 5.75 Å². The van der Waals surface area contributed by atoms with E-state index in [1.165, 1.54) is 7.05 Å². The first-order valence-electron chi connectivity index (χ1n) is 10.4. The molecule has 2 amide bonds. The highest BCUT2D eigenvalue weighted by atomic mass is 16.5. The molecule has 0 bridgehead atoms. The summed E-state index contributed by atoms with van der Waals surface area (Å²) in [5, 5.41) is 20.7. The van der Waals surface area contributed by atoms with Gasteiger partial charge in [0.25, 0.3) is 5.91 Å². The molecule has 2 aliphatic rings. The summed E-state index contributed by atoms with van der Waals surface area (Å²) >= 11 is 0. The average molecular weight is 437 g/mol. The fourth-order valence-electron chi connectivity index (χ4n) is 3.44. The first kappa shape index (κ1) is 20.0. The molecule has 3 aromatic rings. The van der Waals surface area contributed by atoms with Gasteiger partial charge in [0.05, 0.1) is 24.7 Å². The van der Waals surface area contributed by atoms with Crippen molar-refractivity contribution in [2.75, 3.05) is 42.8 Å². The van der Waals surface area contributed by atoms with Crippen molar-refractivity contribution < 1.29 is 14.3 Å². The summed E-state index contributed by atoms with van der Waals surface area (Å²) in [5.41, 5.74) is 1.93. The van der Waals surface area contributed by atoms with E-state index in [0.29, 0.717) is 11.3 Å². The van der Waals surface area contributed by atoms with Crippen LogP contribution in [0, 0.1) is 5.92 Å². The van der Waals surface area contributed by atoms with Crippen molar-refractivity contribution in [3.05, 3.63) is 24.0 Å². The van der Waals surface area contributed by atoms with E-state index in [-0.39, 0.29) is 29.3 Å². The Morgan fingerprint density at radius 2 is 2.00 bits per heavy atom. The summed E-state index contributed by atoms with van der Waals surface area (Å²) in [6, 6.07) is 3.37. The average Bonchev–Trinajstić information content (AvgIpc) is 3.53. The second-order valence-electron chi connectivity index (χ2n) is 7.77. The van der Waals surface area contributed by atoms with E-state index in [2.05, 4.69) is 41.1 Å². The van der Waals surface area contributed by atoms with Gasteiger partial charge in [0.15, 0.2) is 17.2 Å². The molecule has 0 atom stereocenters. The van der Waals surface area contributed by atoms with Gasteiger partial charge in [0, 0.05) is 38.2 Å². The number of pyridine rings is 1. The molecule has 12 nitrogen and oxygen atoms in total. The summed E-state index contributed by atoms with van der Waals surface area (Å²) in [5.74, 6) is 0.730. The number of ether oxygens (including phenoxy) is 1. The van der Waals surface area contributed by atoms with Gasteiger partial charge in [-0.2, -0.15) is 4.98 Å². The van der Waals surface area contributed by atoms with E-state index in [1.807, 2.05) is 12.3 Å². The highest BCUT2D eigenvalue weighted by molar-refractivity contribution is 5.99. The normalized spacial score (nSPS) is 15.2. The molecular formula is C20H23N9O3. The molecule has 1 aliphatic carbocycles. The van der Waals surface area contributed by atoms with Gasteiger partial charge in [-0.25, -0.2) is 4.52 Å². The second kappa shape index (κ2) is 7.94. The third kappa shape index (κ3) is 3.74. The monoisotopic (exact) mass is 437 g/mol. The molecule has 12 heteroatoms. The lowest BCUT2D eigenvalue weighted by atomic mass is 10.2. The topological polar surface area (TPSA) is 139 Å². The number of nitrogens with one attached hydrogen (secondary N) is 3. The van der Waals surface area contributed by atoms with Crippen molar-refractivity contribution in [3.63, 3.8) is 0 Å². The minimum atomic E-state index is -0.425. The quantitative estimate of drug-likeness (QED) is 0.497. The predicted octanol–water partition coefficient (Wildman–Crippen LogP) is 1.19. The van der Waals surface area contributed by atoms with E-state index < -0.39 is 5.91 Å². The SMILES string of the molecule is CNC(=O)c1nnc(NC(=O)C2CC2)cc1Nc1nc2cc(OC)c(N3CCC3)cn2n1.